The van der Waals surface area contributed by atoms with Crippen LogP contribution in [0.3, 0.4) is 0 Å². The van der Waals surface area contributed by atoms with Crippen LogP contribution in [0.25, 0.3) is 5.65 Å². The van der Waals surface area contributed by atoms with Crippen LogP contribution in [0.4, 0.5) is 13.8 Å². The minimum atomic E-state index is -2.76. The van der Waals surface area contributed by atoms with E-state index in [9.17, 15) is 18.4 Å². The number of rotatable bonds is 4. The molecule has 0 atom stereocenters. The molecule has 0 aromatic carbocycles. The first-order valence-electron chi connectivity index (χ1n) is 7.45. The monoisotopic (exact) mass is 380 g/mol. The van der Waals surface area contributed by atoms with Crippen LogP contribution in [-0.4, -0.2) is 33.6 Å². The number of aryl methyl sites for hydroxylation is 2. The Labute approximate surface area is 150 Å². The molecule has 0 radical (unpaired) electrons. The third-order valence-corrected chi connectivity index (χ3v) is 4.55. The van der Waals surface area contributed by atoms with Crippen LogP contribution in [0.2, 0.25) is 0 Å². The Kier molecular flexibility index (Phi) is 4.68. The molecule has 0 aliphatic heterocycles. The number of esters is 1. The number of methoxy groups -OCH3 is 1. The maximum Gasteiger partial charge on any atom is 0.340 e. The van der Waals surface area contributed by atoms with E-state index < -0.39 is 18.3 Å². The van der Waals surface area contributed by atoms with Crippen molar-refractivity contribution >= 4 is 33.9 Å². The molecule has 7 nitrogen and oxygen atoms in total. The number of nitrogens with zero attached hydrogens (tertiary/aromatic N) is 3. The zero-order valence-electron chi connectivity index (χ0n) is 14.0. The standard InChI is InChI=1S/C16H14F2N4O3S/c1-7-4-11(12(17)18)22-13(20-7)10(6-19-22)14(23)21-15-9(16(24)25-3)5-8(2)26-15/h4-6,12H,1-3H3,(H,21,23). The molecule has 3 rings (SSSR count). The Hall–Kier alpha value is -2.88. The third-order valence-electron chi connectivity index (χ3n) is 3.58. The third kappa shape index (κ3) is 3.15. The Morgan fingerprint density at radius 3 is 2.65 bits per heavy atom. The second-order valence-electron chi connectivity index (χ2n) is 5.46. The topological polar surface area (TPSA) is 85.6 Å². The van der Waals surface area contributed by atoms with E-state index in [1.807, 2.05) is 0 Å². The molecule has 0 fully saturated rings. The highest BCUT2D eigenvalue weighted by molar-refractivity contribution is 7.16. The highest BCUT2D eigenvalue weighted by atomic mass is 32.1. The van der Waals surface area contributed by atoms with Crippen LogP contribution in [0.5, 0.6) is 0 Å². The van der Waals surface area contributed by atoms with E-state index in [1.165, 1.54) is 30.7 Å². The van der Waals surface area contributed by atoms with Gasteiger partial charge in [0.05, 0.1) is 18.9 Å². The molecule has 0 aliphatic carbocycles. The molecule has 3 aromatic heterocycles. The molecule has 26 heavy (non-hydrogen) atoms. The number of carbonyl (C=O) groups is 2. The zero-order valence-corrected chi connectivity index (χ0v) is 14.9. The molecule has 10 heteroatoms. The van der Waals surface area contributed by atoms with Gasteiger partial charge in [0.2, 0.25) is 0 Å². The van der Waals surface area contributed by atoms with Crippen molar-refractivity contribution in [2.75, 3.05) is 12.4 Å². The van der Waals surface area contributed by atoms with Crippen LogP contribution >= 0.6 is 11.3 Å². The minimum Gasteiger partial charge on any atom is -0.465 e. The summed E-state index contributed by atoms with van der Waals surface area (Å²) < 4.78 is 32.0. The summed E-state index contributed by atoms with van der Waals surface area (Å²) in [5, 5.41) is 6.76. The second kappa shape index (κ2) is 6.79. The van der Waals surface area contributed by atoms with E-state index in [4.69, 9.17) is 4.74 Å². The maximum atomic E-state index is 13.2. The Balaban J connectivity index is 2.01. The first-order valence-corrected chi connectivity index (χ1v) is 8.27. The van der Waals surface area contributed by atoms with Gasteiger partial charge in [0.15, 0.2) is 5.65 Å². The minimum absolute atomic E-state index is 0.0192. The molecular formula is C16H14F2N4O3S. The predicted octanol–water partition coefficient (Wildman–Crippen LogP) is 3.38. The van der Waals surface area contributed by atoms with Gasteiger partial charge in [-0.15, -0.1) is 11.3 Å². The molecule has 1 amide bonds. The van der Waals surface area contributed by atoms with Gasteiger partial charge >= 0.3 is 5.97 Å². The van der Waals surface area contributed by atoms with Gasteiger partial charge in [-0.3, -0.25) is 4.79 Å². The molecule has 0 saturated heterocycles. The summed E-state index contributed by atoms with van der Waals surface area (Å²) in [5.41, 5.74) is 0.249. The highest BCUT2D eigenvalue weighted by Crippen LogP contribution is 2.29. The van der Waals surface area contributed by atoms with E-state index in [0.717, 1.165) is 9.39 Å². The van der Waals surface area contributed by atoms with Gasteiger partial charge in [0.1, 0.15) is 16.3 Å². The quantitative estimate of drug-likeness (QED) is 0.702. The number of carbonyl (C=O) groups excluding carboxylic acids is 2. The number of fused-ring (bicyclic) bond motifs is 1. The molecule has 0 aliphatic rings. The average molecular weight is 380 g/mol. The summed E-state index contributed by atoms with van der Waals surface area (Å²) in [6.45, 7) is 3.33. The number of thiophene rings is 1. The fourth-order valence-electron chi connectivity index (χ4n) is 2.47. The Morgan fingerprint density at radius 1 is 1.27 bits per heavy atom. The molecule has 136 valence electrons. The molecule has 0 bridgehead atoms. The summed E-state index contributed by atoms with van der Waals surface area (Å²) in [6, 6.07) is 2.81. The Morgan fingerprint density at radius 2 is 2.00 bits per heavy atom. The lowest BCUT2D eigenvalue weighted by atomic mass is 10.2. The number of amides is 1. The van der Waals surface area contributed by atoms with Crippen LogP contribution in [0.1, 0.15) is 43.4 Å². The zero-order chi connectivity index (χ0) is 19.0. The maximum absolute atomic E-state index is 13.2. The smallest absolute Gasteiger partial charge is 0.340 e. The van der Waals surface area contributed by atoms with Crippen molar-refractivity contribution in [1.29, 1.82) is 0 Å². The van der Waals surface area contributed by atoms with Gasteiger partial charge in [-0.2, -0.15) is 5.10 Å². The lowest BCUT2D eigenvalue weighted by Gasteiger charge is -2.06. The number of hydrogen-bond acceptors (Lipinski definition) is 6. The number of aromatic nitrogens is 3. The van der Waals surface area contributed by atoms with Gasteiger partial charge < -0.3 is 10.1 Å². The lowest BCUT2D eigenvalue weighted by Crippen LogP contribution is -2.14. The molecule has 0 spiro atoms. The van der Waals surface area contributed by atoms with Crippen molar-refractivity contribution in [1.82, 2.24) is 14.6 Å². The fourth-order valence-corrected chi connectivity index (χ4v) is 3.36. The van der Waals surface area contributed by atoms with E-state index >= 15 is 0 Å². The number of ether oxygens (including phenoxy) is 1. The molecule has 3 aromatic rings. The fraction of sp³-hybridized carbons (Fsp3) is 0.250. The van der Waals surface area contributed by atoms with Crippen molar-refractivity contribution in [3.8, 4) is 0 Å². The van der Waals surface area contributed by atoms with Crippen LogP contribution in [0.15, 0.2) is 18.3 Å². The SMILES string of the molecule is COC(=O)c1cc(C)sc1NC(=O)c1cnn2c(C(F)F)cc(C)nc12. The molecule has 0 unspecified atom stereocenters. The lowest BCUT2D eigenvalue weighted by molar-refractivity contribution is 0.0602. The van der Waals surface area contributed by atoms with E-state index in [-0.39, 0.29) is 22.5 Å². The summed E-state index contributed by atoms with van der Waals surface area (Å²) in [6.07, 6.45) is -1.60. The molecule has 0 saturated carbocycles. The number of hydrogen-bond donors (Lipinski definition) is 1. The first kappa shape index (κ1) is 17.9. The van der Waals surface area contributed by atoms with Crippen LogP contribution in [0, 0.1) is 13.8 Å². The van der Waals surface area contributed by atoms with E-state index in [0.29, 0.717) is 10.7 Å². The number of alkyl halides is 2. The highest BCUT2D eigenvalue weighted by Gasteiger charge is 2.23. The van der Waals surface area contributed by atoms with Crippen molar-refractivity contribution in [3.63, 3.8) is 0 Å². The Bertz CT molecular complexity index is 1010. The van der Waals surface area contributed by atoms with Gasteiger partial charge in [-0.05, 0) is 26.0 Å². The van der Waals surface area contributed by atoms with Crippen molar-refractivity contribution in [2.24, 2.45) is 0 Å². The second-order valence-corrected chi connectivity index (χ2v) is 6.72. The number of anilines is 1. The summed E-state index contributed by atoms with van der Waals surface area (Å²) in [4.78, 5) is 29.4. The predicted molar refractivity (Wildman–Crippen MR) is 91.0 cm³/mol. The normalized spacial score (nSPS) is 11.2. The van der Waals surface area contributed by atoms with Gasteiger partial charge in [-0.25, -0.2) is 23.1 Å². The van der Waals surface area contributed by atoms with Gasteiger partial charge in [0.25, 0.3) is 12.3 Å². The molecule has 1 N–H and O–H groups in total. The van der Waals surface area contributed by atoms with Crippen molar-refractivity contribution in [3.05, 3.63) is 45.7 Å². The summed E-state index contributed by atoms with van der Waals surface area (Å²) in [5.74, 6) is -1.19. The van der Waals surface area contributed by atoms with Crippen LogP contribution in [-0.2, 0) is 4.74 Å². The largest absolute Gasteiger partial charge is 0.465 e. The first-order chi connectivity index (χ1) is 12.3. The van der Waals surface area contributed by atoms with Crippen LogP contribution < -0.4 is 5.32 Å². The van der Waals surface area contributed by atoms with E-state index in [1.54, 1.807) is 19.9 Å². The molecular weight excluding hydrogens is 366 g/mol. The van der Waals surface area contributed by atoms with Crippen molar-refractivity contribution in [2.45, 2.75) is 20.3 Å². The van der Waals surface area contributed by atoms with E-state index in [2.05, 4.69) is 15.4 Å². The number of nitrogens with one attached hydrogen (secondary N) is 1. The van der Waals surface area contributed by atoms with Gasteiger partial charge in [-0.1, -0.05) is 0 Å². The number of halogens is 2. The van der Waals surface area contributed by atoms with Gasteiger partial charge in [0, 0.05) is 10.6 Å². The summed E-state index contributed by atoms with van der Waals surface area (Å²) in [7, 11) is 1.24. The van der Waals surface area contributed by atoms with Crippen molar-refractivity contribution < 1.29 is 23.1 Å². The average Bonchev–Trinajstić information content (AvgIpc) is 3.16. The molecule has 3 heterocycles. The summed E-state index contributed by atoms with van der Waals surface area (Å²) >= 11 is 1.20.